The number of nitrogens with one attached hydrogen (secondary N) is 2. The zero-order chi connectivity index (χ0) is 14.2. The van der Waals surface area contributed by atoms with Gasteiger partial charge in [-0.15, -0.1) is 11.3 Å². The monoisotopic (exact) mass is 295 g/mol. The van der Waals surface area contributed by atoms with Gasteiger partial charge in [-0.25, -0.2) is 10.8 Å². The van der Waals surface area contributed by atoms with E-state index >= 15 is 0 Å². The highest BCUT2D eigenvalue weighted by molar-refractivity contribution is 7.18. The molecule has 8 heteroatoms. The number of ether oxygens (including phenoxy) is 1. The lowest BCUT2D eigenvalue weighted by Crippen LogP contribution is -2.37. The van der Waals surface area contributed by atoms with Crippen molar-refractivity contribution < 1.29 is 9.84 Å². The van der Waals surface area contributed by atoms with Gasteiger partial charge in [-0.1, -0.05) is 0 Å². The van der Waals surface area contributed by atoms with E-state index in [1.54, 1.807) is 11.3 Å². The molecule has 108 valence electrons. The van der Waals surface area contributed by atoms with E-state index in [0.29, 0.717) is 37.9 Å². The fraction of sp³-hybridized carbons (Fsp3) is 0.500. The largest absolute Gasteiger partial charge is 0.386 e. The second-order valence-electron chi connectivity index (χ2n) is 5.00. The molecule has 1 aliphatic heterocycles. The fourth-order valence-corrected chi connectivity index (χ4v) is 3.10. The van der Waals surface area contributed by atoms with Crippen LogP contribution in [-0.2, 0) is 4.74 Å². The summed E-state index contributed by atoms with van der Waals surface area (Å²) in [6.45, 7) is 3.34. The van der Waals surface area contributed by atoms with Crippen molar-refractivity contribution in [3.63, 3.8) is 0 Å². The van der Waals surface area contributed by atoms with Crippen LogP contribution in [0.5, 0.6) is 0 Å². The van der Waals surface area contributed by atoms with Gasteiger partial charge in [0.1, 0.15) is 16.2 Å². The van der Waals surface area contributed by atoms with Gasteiger partial charge in [0.15, 0.2) is 0 Å². The SMILES string of the molecule is Cc1cc2c(NCC3(O)CCOC3)nc(NN)nc2s1. The Morgan fingerprint density at radius 1 is 1.55 bits per heavy atom. The standard InChI is InChI=1S/C12H17N5O2S/c1-7-4-8-9(14-5-12(18)2-3-19-6-12)15-11(17-13)16-10(8)20-7/h4,18H,2-3,5-6,13H2,1H3,(H2,14,15,16,17). The molecule has 1 unspecified atom stereocenters. The van der Waals surface area contributed by atoms with E-state index in [2.05, 4.69) is 20.7 Å². The topological polar surface area (TPSA) is 105 Å². The van der Waals surface area contributed by atoms with E-state index in [1.807, 2.05) is 13.0 Å². The van der Waals surface area contributed by atoms with Gasteiger partial charge < -0.3 is 15.2 Å². The Balaban J connectivity index is 1.89. The first kappa shape index (κ1) is 13.5. The van der Waals surface area contributed by atoms with E-state index in [0.717, 1.165) is 15.1 Å². The van der Waals surface area contributed by atoms with Crippen molar-refractivity contribution in [1.29, 1.82) is 0 Å². The van der Waals surface area contributed by atoms with Crippen molar-refractivity contribution in [2.24, 2.45) is 5.84 Å². The number of anilines is 2. The molecule has 5 N–H and O–H groups in total. The van der Waals surface area contributed by atoms with Gasteiger partial charge in [0.05, 0.1) is 12.0 Å². The van der Waals surface area contributed by atoms with Crippen LogP contribution in [0.25, 0.3) is 10.2 Å². The van der Waals surface area contributed by atoms with Crippen LogP contribution in [0.4, 0.5) is 11.8 Å². The normalized spacial score (nSPS) is 22.4. The van der Waals surface area contributed by atoms with Gasteiger partial charge in [-0.2, -0.15) is 4.98 Å². The number of aromatic nitrogens is 2. The number of rotatable bonds is 4. The maximum absolute atomic E-state index is 10.3. The summed E-state index contributed by atoms with van der Waals surface area (Å²) in [6, 6.07) is 2.03. The second kappa shape index (κ2) is 5.13. The van der Waals surface area contributed by atoms with E-state index in [9.17, 15) is 5.11 Å². The maximum atomic E-state index is 10.3. The number of hydrogen-bond donors (Lipinski definition) is 4. The molecule has 2 aromatic heterocycles. The Kier molecular flexibility index (Phi) is 3.47. The van der Waals surface area contributed by atoms with E-state index in [1.165, 1.54) is 0 Å². The van der Waals surface area contributed by atoms with Crippen LogP contribution in [0.1, 0.15) is 11.3 Å². The summed E-state index contributed by atoms with van der Waals surface area (Å²) in [5, 5.41) is 14.4. The zero-order valence-electron chi connectivity index (χ0n) is 11.1. The lowest BCUT2D eigenvalue weighted by atomic mass is 10.0. The molecule has 1 atom stereocenters. The van der Waals surface area contributed by atoms with Crippen LogP contribution >= 0.6 is 11.3 Å². The smallest absolute Gasteiger partial charge is 0.240 e. The lowest BCUT2D eigenvalue weighted by Gasteiger charge is -2.21. The third-order valence-corrected chi connectivity index (χ3v) is 4.26. The van der Waals surface area contributed by atoms with Crippen molar-refractivity contribution in [3.05, 3.63) is 10.9 Å². The number of nitrogens with two attached hydrogens (primary N) is 1. The van der Waals surface area contributed by atoms with Crippen molar-refractivity contribution in [1.82, 2.24) is 9.97 Å². The van der Waals surface area contributed by atoms with Crippen LogP contribution in [0.15, 0.2) is 6.07 Å². The zero-order valence-corrected chi connectivity index (χ0v) is 12.0. The number of hydrazine groups is 1. The van der Waals surface area contributed by atoms with E-state index in [4.69, 9.17) is 10.6 Å². The minimum atomic E-state index is -0.835. The molecule has 3 rings (SSSR count). The number of nitrogens with zero attached hydrogens (tertiary/aromatic N) is 2. The first-order valence-corrected chi connectivity index (χ1v) is 7.20. The summed E-state index contributed by atoms with van der Waals surface area (Å²) < 4.78 is 5.23. The predicted octanol–water partition coefficient (Wildman–Crippen LogP) is 0.849. The minimum absolute atomic E-state index is 0.346. The predicted molar refractivity (Wildman–Crippen MR) is 78.8 cm³/mol. The summed E-state index contributed by atoms with van der Waals surface area (Å²) in [5.41, 5.74) is 1.63. The summed E-state index contributed by atoms with van der Waals surface area (Å²) in [4.78, 5) is 10.6. The van der Waals surface area contributed by atoms with Crippen molar-refractivity contribution in [2.45, 2.75) is 18.9 Å². The summed E-state index contributed by atoms with van der Waals surface area (Å²) in [7, 11) is 0. The number of aryl methyl sites for hydroxylation is 1. The molecule has 0 spiro atoms. The first-order valence-electron chi connectivity index (χ1n) is 6.38. The molecular formula is C12H17N5O2S. The molecule has 2 aromatic rings. The number of aliphatic hydroxyl groups is 1. The molecule has 0 saturated carbocycles. The average Bonchev–Trinajstić information content (AvgIpc) is 3.01. The minimum Gasteiger partial charge on any atom is -0.386 e. The highest BCUT2D eigenvalue weighted by Crippen LogP contribution is 2.30. The highest BCUT2D eigenvalue weighted by Gasteiger charge is 2.32. The number of thiophene rings is 1. The van der Waals surface area contributed by atoms with Crippen LogP contribution in [0, 0.1) is 6.92 Å². The molecule has 1 aliphatic rings. The second-order valence-corrected chi connectivity index (χ2v) is 6.23. The molecule has 0 aliphatic carbocycles. The lowest BCUT2D eigenvalue weighted by molar-refractivity contribution is 0.0381. The first-order chi connectivity index (χ1) is 9.59. The molecule has 20 heavy (non-hydrogen) atoms. The molecule has 0 amide bonds. The maximum Gasteiger partial charge on any atom is 0.240 e. The molecular weight excluding hydrogens is 278 g/mol. The van der Waals surface area contributed by atoms with E-state index in [-0.39, 0.29) is 0 Å². The van der Waals surface area contributed by atoms with Crippen LogP contribution in [0.3, 0.4) is 0 Å². The van der Waals surface area contributed by atoms with E-state index < -0.39 is 5.60 Å². The number of hydrogen-bond acceptors (Lipinski definition) is 8. The molecule has 3 heterocycles. The quantitative estimate of drug-likeness (QED) is 0.489. The van der Waals surface area contributed by atoms with Crippen LogP contribution in [-0.4, -0.2) is 40.4 Å². The molecule has 0 bridgehead atoms. The van der Waals surface area contributed by atoms with Crippen LogP contribution in [0.2, 0.25) is 0 Å². The van der Waals surface area contributed by atoms with Gasteiger partial charge in [-0.3, -0.25) is 5.43 Å². The van der Waals surface area contributed by atoms with Gasteiger partial charge in [0, 0.05) is 24.4 Å². The van der Waals surface area contributed by atoms with Gasteiger partial charge >= 0.3 is 0 Å². The number of fused-ring (bicyclic) bond motifs is 1. The van der Waals surface area contributed by atoms with Crippen molar-refractivity contribution in [2.75, 3.05) is 30.5 Å². The molecule has 0 radical (unpaired) electrons. The molecule has 1 fully saturated rings. The Morgan fingerprint density at radius 3 is 3.10 bits per heavy atom. The third-order valence-electron chi connectivity index (χ3n) is 3.31. The Labute approximate surface area is 120 Å². The van der Waals surface area contributed by atoms with Crippen molar-refractivity contribution >= 4 is 33.3 Å². The summed E-state index contributed by atoms with van der Waals surface area (Å²) in [5.74, 6) is 6.42. The molecule has 0 aromatic carbocycles. The van der Waals surface area contributed by atoms with Crippen molar-refractivity contribution in [3.8, 4) is 0 Å². The summed E-state index contributed by atoms with van der Waals surface area (Å²) >= 11 is 1.58. The fourth-order valence-electron chi connectivity index (χ4n) is 2.23. The van der Waals surface area contributed by atoms with Crippen LogP contribution < -0.4 is 16.6 Å². The van der Waals surface area contributed by atoms with Gasteiger partial charge in [0.2, 0.25) is 5.95 Å². The third kappa shape index (κ3) is 2.55. The summed E-state index contributed by atoms with van der Waals surface area (Å²) in [6.07, 6.45) is 0.624. The Hall–Kier alpha value is -1.48. The average molecular weight is 295 g/mol. The number of nitrogen functional groups attached to an aromatic ring is 1. The Bertz CT molecular complexity index is 624. The van der Waals surface area contributed by atoms with Gasteiger partial charge in [-0.05, 0) is 13.0 Å². The molecule has 7 nitrogen and oxygen atoms in total. The highest BCUT2D eigenvalue weighted by atomic mass is 32.1. The van der Waals surface area contributed by atoms with Gasteiger partial charge in [0.25, 0.3) is 0 Å². The Morgan fingerprint density at radius 2 is 2.40 bits per heavy atom. The molecule has 1 saturated heterocycles.